The molecule has 1 aromatic carbocycles. The third kappa shape index (κ3) is 5.07. The number of hydrogen-bond donors (Lipinski definition) is 1. The van der Waals surface area contributed by atoms with Crippen molar-refractivity contribution < 1.29 is 4.74 Å². The van der Waals surface area contributed by atoms with Gasteiger partial charge in [0.15, 0.2) is 5.06 Å². The maximum atomic E-state index is 6.80. The highest BCUT2D eigenvalue weighted by Crippen LogP contribution is 2.37. The fourth-order valence-electron chi connectivity index (χ4n) is 4.63. The number of nitrogens with one attached hydrogen (secondary N) is 1. The van der Waals surface area contributed by atoms with Gasteiger partial charge in [-0.2, -0.15) is 0 Å². The fourth-order valence-corrected chi connectivity index (χ4v) is 4.84. The minimum Gasteiger partial charge on any atom is -0.359 e. The highest BCUT2D eigenvalue weighted by atomic mass is 35.5. The second kappa shape index (κ2) is 10.1. The molecule has 0 saturated heterocycles. The lowest BCUT2D eigenvalue weighted by Gasteiger charge is -2.38. The number of ether oxygens (including phenoxy) is 1. The summed E-state index contributed by atoms with van der Waals surface area (Å²) in [6, 6.07) is 11.8. The Labute approximate surface area is 175 Å². The van der Waals surface area contributed by atoms with Crippen LogP contribution in [-0.4, -0.2) is 48.8 Å². The number of methoxy groups -OCH3 is 1. The van der Waals surface area contributed by atoms with E-state index in [0.29, 0.717) is 6.04 Å². The molecule has 0 heterocycles. The van der Waals surface area contributed by atoms with Gasteiger partial charge in [0.2, 0.25) is 0 Å². The van der Waals surface area contributed by atoms with Crippen LogP contribution in [-0.2, 0) is 4.74 Å². The molecule has 2 atom stereocenters. The summed E-state index contributed by atoms with van der Waals surface area (Å²) < 4.78 is 5.68. The summed E-state index contributed by atoms with van der Waals surface area (Å²) in [5.41, 5.74) is 2.43. The summed E-state index contributed by atoms with van der Waals surface area (Å²) in [6.45, 7) is 7.68. The molecular weight excluding hydrogens is 368 g/mol. The van der Waals surface area contributed by atoms with Crippen LogP contribution in [0.5, 0.6) is 0 Å². The quantitative estimate of drug-likeness (QED) is 0.613. The molecule has 0 radical (unpaired) electrons. The van der Waals surface area contributed by atoms with Crippen LogP contribution in [0.15, 0.2) is 48.6 Å². The van der Waals surface area contributed by atoms with Gasteiger partial charge in [-0.25, -0.2) is 0 Å². The van der Waals surface area contributed by atoms with Crippen molar-refractivity contribution in [3.05, 3.63) is 54.1 Å². The van der Waals surface area contributed by atoms with Crippen molar-refractivity contribution >= 4 is 17.2 Å². The molecule has 3 nitrogen and oxygen atoms in total. The molecule has 1 saturated carbocycles. The van der Waals surface area contributed by atoms with E-state index in [1.807, 2.05) is 12.1 Å². The Balaban J connectivity index is 1.60. The van der Waals surface area contributed by atoms with Crippen molar-refractivity contribution in [2.24, 2.45) is 5.92 Å². The van der Waals surface area contributed by atoms with Gasteiger partial charge in [0.1, 0.15) is 0 Å². The van der Waals surface area contributed by atoms with E-state index >= 15 is 0 Å². The first kappa shape index (κ1) is 21.6. The van der Waals surface area contributed by atoms with E-state index in [1.165, 1.54) is 36.8 Å². The third-order valence-electron chi connectivity index (χ3n) is 6.45. The zero-order chi connectivity index (χ0) is 20.0. The largest absolute Gasteiger partial charge is 0.359 e. The summed E-state index contributed by atoms with van der Waals surface area (Å²) in [5, 5.41) is 3.01. The van der Waals surface area contributed by atoms with Crippen LogP contribution < -0.4 is 5.32 Å². The molecule has 3 rings (SSSR count). The van der Waals surface area contributed by atoms with Gasteiger partial charge in [-0.1, -0.05) is 67.9 Å². The minimum absolute atomic E-state index is 0.0971. The number of alkyl halides is 1. The highest BCUT2D eigenvalue weighted by Gasteiger charge is 2.36. The molecule has 154 valence electrons. The van der Waals surface area contributed by atoms with Gasteiger partial charge in [0.05, 0.1) is 0 Å². The average Bonchev–Trinajstić information content (AvgIpc) is 2.75. The van der Waals surface area contributed by atoms with E-state index in [1.54, 1.807) is 7.11 Å². The zero-order valence-corrected chi connectivity index (χ0v) is 18.3. The Bertz CT molecular complexity index is 662. The number of halogens is 1. The van der Waals surface area contributed by atoms with E-state index in [2.05, 4.69) is 60.5 Å². The molecule has 2 aliphatic rings. The summed E-state index contributed by atoms with van der Waals surface area (Å²) in [7, 11) is 1.70. The molecule has 2 aliphatic carbocycles. The Morgan fingerprint density at radius 3 is 2.39 bits per heavy atom. The molecule has 0 amide bonds. The number of benzene rings is 1. The first-order valence-electron chi connectivity index (χ1n) is 10.8. The van der Waals surface area contributed by atoms with Crippen molar-refractivity contribution in [3.8, 4) is 0 Å². The van der Waals surface area contributed by atoms with Crippen molar-refractivity contribution in [2.75, 3.05) is 26.7 Å². The van der Waals surface area contributed by atoms with Gasteiger partial charge < -0.3 is 15.0 Å². The lowest BCUT2D eigenvalue weighted by Crippen LogP contribution is -2.46. The lowest BCUT2D eigenvalue weighted by molar-refractivity contribution is 0.0658. The molecule has 0 spiro atoms. The van der Waals surface area contributed by atoms with Crippen LogP contribution in [0, 0.1) is 5.92 Å². The van der Waals surface area contributed by atoms with Crippen molar-refractivity contribution in [2.45, 2.75) is 56.7 Å². The highest BCUT2D eigenvalue weighted by molar-refractivity contribution is 6.25. The molecule has 0 aliphatic heterocycles. The lowest BCUT2D eigenvalue weighted by atomic mass is 9.87. The maximum Gasteiger partial charge on any atom is 0.167 e. The molecular formula is C24H35ClN2O. The smallest absolute Gasteiger partial charge is 0.167 e. The van der Waals surface area contributed by atoms with E-state index in [9.17, 15) is 0 Å². The average molecular weight is 403 g/mol. The summed E-state index contributed by atoms with van der Waals surface area (Å²) in [6.07, 6.45) is 11.4. The zero-order valence-electron chi connectivity index (χ0n) is 17.5. The third-order valence-corrected chi connectivity index (χ3v) is 7.01. The van der Waals surface area contributed by atoms with Gasteiger partial charge in [-0.05, 0) is 56.0 Å². The Morgan fingerprint density at radius 1 is 1.11 bits per heavy atom. The molecule has 1 aromatic rings. The van der Waals surface area contributed by atoms with E-state index < -0.39 is 5.06 Å². The molecule has 2 unspecified atom stereocenters. The monoisotopic (exact) mass is 402 g/mol. The first-order chi connectivity index (χ1) is 13.6. The number of hydrogen-bond acceptors (Lipinski definition) is 3. The Kier molecular flexibility index (Phi) is 7.76. The molecule has 0 aromatic heterocycles. The molecule has 1 fully saturated rings. The summed E-state index contributed by atoms with van der Waals surface area (Å²) >= 11 is 6.80. The van der Waals surface area contributed by atoms with Crippen LogP contribution in [0.1, 0.15) is 45.1 Å². The van der Waals surface area contributed by atoms with Crippen molar-refractivity contribution in [1.29, 1.82) is 0 Å². The van der Waals surface area contributed by atoms with Gasteiger partial charge in [0.25, 0.3) is 0 Å². The summed E-state index contributed by atoms with van der Waals surface area (Å²) in [5.74, 6) is 0.0971. The second-order valence-corrected chi connectivity index (χ2v) is 8.56. The molecule has 28 heavy (non-hydrogen) atoms. The van der Waals surface area contributed by atoms with E-state index in [4.69, 9.17) is 16.3 Å². The van der Waals surface area contributed by atoms with Gasteiger partial charge in [-0.3, -0.25) is 0 Å². The topological polar surface area (TPSA) is 24.5 Å². The van der Waals surface area contributed by atoms with Gasteiger partial charge in [-0.15, -0.1) is 0 Å². The molecule has 4 heteroatoms. The summed E-state index contributed by atoms with van der Waals surface area (Å²) in [4.78, 5) is 2.60. The van der Waals surface area contributed by atoms with E-state index in [-0.39, 0.29) is 5.92 Å². The number of allylic oxidation sites excluding steroid dienone is 2. The SMILES string of the molecule is CCN(CC)C1CCC(NCC2C=C(c3ccccc3)C=CC2(Cl)OC)CC1. The van der Waals surface area contributed by atoms with Crippen LogP contribution >= 0.6 is 11.6 Å². The first-order valence-corrected chi connectivity index (χ1v) is 11.1. The molecule has 1 N–H and O–H groups in total. The second-order valence-electron chi connectivity index (χ2n) is 7.96. The van der Waals surface area contributed by atoms with Crippen LogP contribution in [0.25, 0.3) is 5.57 Å². The Morgan fingerprint density at radius 2 is 1.79 bits per heavy atom. The van der Waals surface area contributed by atoms with E-state index in [0.717, 1.165) is 25.7 Å². The Hall–Kier alpha value is -1.13. The predicted molar refractivity (Wildman–Crippen MR) is 120 cm³/mol. The standard InChI is InChI=1S/C24H35ClN2O/c1-4-27(5-2)23-13-11-22(12-14-23)26-18-21-17-20(15-16-24(21,25)28-3)19-9-7-6-8-10-19/h6-10,15-17,21-23,26H,4-5,11-14,18H2,1-3H3. The van der Waals surface area contributed by atoms with Gasteiger partial charge in [0, 0.05) is 31.7 Å². The van der Waals surface area contributed by atoms with Gasteiger partial charge >= 0.3 is 0 Å². The number of nitrogens with zero attached hydrogens (tertiary/aromatic N) is 1. The normalized spacial score (nSPS) is 30.5. The number of rotatable bonds is 8. The minimum atomic E-state index is -0.774. The van der Waals surface area contributed by atoms with Crippen molar-refractivity contribution in [1.82, 2.24) is 10.2 Å². The van der Waals surface area contributed by atoms with Crippen LogP contribution in [0.4, 0.5) is 0 Å². The van der Waals surface area contributed by atoms with Crippen LogP contribution in [0.3, 0.4) is 0 Å². The van der Waals surface area contributed by atoms with Crippen molar-refractivity contribution in [3.63, 3.8) is 0 Å². The maximum absolute atomic E-state index is 6.80. The fraction of sp³-hybridized carbons (Fsp3) is 0.583. The van der Waals surface area contributed by atoms with Crippen LogP contribution in [0.2, 0.25) is 0 Å². The predicted octanol–water partition coefficient (Wildman–Crippen LogP) is 5.08. The molecule has 0 bridgehead atoms.